The Kier molecular flexibility index (Phi) is 2.71. The number of hydrogen-bond acceptors (Lipinski definition) is 2. The second-order valence-electron chi connectivity index (χ2n) is 3.52. The highest BCUT2D eigenvalue weighted by Crippen LogP contribution is 2.25. The molecule has 1 amide bonds. The molecule has 3 nitrogen and oxygen atoms in total. The molecule has 0 saturated heterocycles. The molecule has 2 rings (SSSR count). The molecular formula is C12H10ClNO2. The monoisotopic (exact) mass is 235 g/mol. The average Bonchev–Trinajstić information content (AvgIpc) is 2.70. The number of rotatable bonds is 2. The van der Waals surface area contributed by atoms with Crippen molar-refractivity contribution in [2.45, 2.75) is 6.92 Å². The van der Waals surface area contributed by atoms with Crippen LogP contribution in [0, 0.1) is 0 Å². The molecule has 4 heteroatoms. The van der Waals surface area contributed by atoms with E-state index in [-0.39, 0.29) is 0 Å². The number of hydrogen-bond donors (Lipinski definition) is 1. The number of carbonyl (C=O) groups excluding carboxylic acids is 1. The van der Waals surface area contributed by atoms with Crippen molar-refractivity contribution in [3.63, 3.8) is 0 Å². The fourth-order valence-corrected chi connectivity index (χ4v) is 1.55. The predicted octanol–water partition coefficient (Wildman–Crippen LogP) is 3.13. The number of amides is 1. The zero-order valence-electron chi connectivity index (χ0n) is 8.66. The van der Waals surface area contributed by atoms with Crippen LogP contribution in [-0.2, 0) is 0 Å². The fourth-order valence-electron chi connectivity index (χ4n) is 1.44. The summed E-state index contributed by atoms with van der Waals surface area (Å²) in [5, 5.41) is 0.837. The summed E-state index contributed by atoms with van der Waals surface area (Å²) in [4.78, 5) is 11.0. The SMILES string of the molecule is C/C(=C/Cl)c1cc2cc(C(N)=O)ccc2o1. The molecule has 0 aliphatic heterocycles. The van der Waals surface area contributed by atoms with E-state index >= 15 is 0 Å². The number of primary amides is 1. The second kappa shape index (κ2) is 4.02. The van der Waals surface area contributed by atoms with Crippen molar-refractivity contribution in [1.82, 2.24) is 0 Å². The molecule has 0 atom stereocenters. The molecule has 16 heavy (non-hydrogen) atoms. The highest BCUT2D eigenvalue weighted by atomic mass is 35.5. The molecule has 0 radical (unpaired) electrons. The Balaban J connectivity index is 2.58. The lowest BCUT2D eigenvalue weighted by atomic mass is 10.1. The predicted molar refractivity (Wildman–Crippen MR) is 64.2 cm³/mol. The molecule has 0 spiro atoms. The van der Waals surface area contributed by atoms with Crippen molar-refractivity contribution >= 4 is 34.1 Å². The first-order chi connectivity index (χ1) is 7.61. The van der Waals surface area contributed by atoms with E-state index in [1.165, 1.54) is 5.54 Å². The Morgan fingerprint density at radius 1 is 1.44 bits per heavy atom. The van der Waals surface area contributed by atoms with Gasteiger partial charge in [-0.15, -0.1) is 0 Å². The largest absolute Gasteiger partial charge is 0.456 e. The van der Waals surface area contributed by atoms with Gasteiger partial charge in [-0.2, -0.15) is 0 Å². The number of nitrogens with two attached hydrogens (primary N) is 1. The van der Waals surface area contributed by atoms with E-state index in [2.05, 4.69) is 0 Å². The molecule has 2 aromatic rings. The topological polar surface area (TPSA) is 56.2 Å². The lowest BCUT2D eigenvalue weighted by Gasteiger charge is -1.93. The molecule has 0 saturated carbocycles. The van der Waals surface area contributed by atoms with Gasteiger partial charge in [-0.05, 0) is 31.2 Å². The van der Waals surface area contributed by atoms with Crippen LogP contribution in [-0.4, -0.2) is 5.91 Å². The van der Waals surface area contributed by atoms with Gasteiger partial charge in [-0.1, -0.05) is 11.6 Å². The zero-order valence-corrected chi connectivity index (χ0v) is 9.41. The summed E-state index contributed by atoms with van der Waals surface area (Å²) in [6, 6.07) is 6.89. The second-order valence-corrected chi connectivity index (χ2v) is 3.74. The van der Waals surface area contributed by atoms with Crippen LogP contribution in [0.3, 0.4) is 0 Å². The quantitative estimate of drug-likeness (QED) is 0.869. The van der Waals surface area contributed by atoms with E-state index in [0.29, 0.717) is 16.9 Å². The summed E-state index contributed by atoms with van der Waals surface area (Å²) in [5.74, 6) is 0.237. The van der Waals surface area contributed by atoms with Crippen LogP contribution in [0.2, 0.25) is 0 Å². The first-order valence-corrected chi connectivity index (χ1v) is 5.16. The Morgan fingerprint density at radius 2 is 2.19 bits per heavy atom. The lowest BCUT2D eigenvalue weighted by Crippen LogP contribution is -2.10. The molecule has 1 heterocycles. The Morgan fingerprint density at radius 3 is 2.81 bits per heavy atom. The van der Waals surface area contributed by atoms with Gasteiger partial charge in [0, 0.05) is 22.1 Å². The van der Waals surface area contributed by atoms with Crippen LogP contribution in [0.5, 0.6) is 0 Å². The highest BCUT2D eigenvalue weighted by molar-refractivity contribution is 6.28. The number of halogens is 1. The molecule has 1 aromatic carbocycles. The maximum absolute atomic E-state index is 11.0. The Hall–Kier alpha value is -1.74. The van der Waals surface area contributed by atoms with Gasteiger partial charge in [0.25, 0.3) is 0 Å². The molecule has 82 valence electrons. The van der Waals surface area contributed by atoms with Crippen LogP contribution < -0.4 is 5.73 Å². The number of carbonyl (C=O) groups is 1. The Bertz CT molecular complexity index is 584. The van der Waals surface area contributed by atoms with Gasteiger partial charge in [0.05, 0.1) is 0 Å². The zero-order chi connectivity index (χ0) is 11.7. The van der Waals surface area contributed by atoms with Crippen molar-refractivity contribution in [2.75, 3.05) is 0 Å². The summed E-state index contributed by atoms with van der Waals surface area (Å²) in [7, 11) is 0. The van der Waals surface area contributed by atoms with Crippen LogP contribution in [0.15, 0.2) is 34.2 Å². The average molecular weight is 236 g/mol. The van der Waals surface area contributed by atoms with Gasteiger partial charge >= 0.3 is 0 Å². The maximum atomic E-state index is 11.0. The normalized spacial score (nSPS) is 12.0. The molecule has 0 aliphatic rings. The van der Waals surface area contributed by atoms with E-state index in [0.717, 1.165) is 11.0 Å². The summed E-state index contributed by atoms with van der Waals surface area (Å²) >= 11 is 5.60. The van der Waals surface area contributed by atoms with Gasteiger partial charge in [0.15, 0.2) is 0 Å². The van der Waals surface area contributed by atoms with Gasteiger partial charge in [0.2, 0.25) is 5.91 Å². The van der Waals surface area contributed by atoms with Crippen molar-refractivity contribution in [2.24, 2.45) is 5.73 Å². The molecule has 0 fully saturated rings. The third-order valence-electron chi connectivity index (χ3n) is 2.35. The van der Waals surface area contributed by atoms with Crippen molar-refractivity contribution in [1.29, 1.82) is 0 Å². The number of benzene rings is 1. The summed E-state index contributed by atoms with van der Waals surface area (Å²) in [6.45, 7) is 1.85. The van der Waals surface area contributed by atoms with Crippen molar-refractivity contribution in [3.8, 4) is 0 Å². The van der Waals surface area contributed by atoms with Gasteiger partial charge < -0.3 is 10.2 Å². The van der Waals surface area contributed by atoms with Crippen molar-refractivity contribution in [3.05, 3.63) is 41.1 Å². The minimum Gasteiger partial charge on any atom is -0.456 e. The molecule has 0 bridgehead atoms. The van der Waals surface area contributed by atoms with E-state index in [9.17, 15) is 4.79 Å². The maximum Gasteiger partial charge on any atom is 0.248 e. The number of fused-ring (bicyclic) bond motifs is 1. The van der Waals surface area contributed by atoms with E-state index < -0.39 is 5.91 Å². The number of furan rings is 1. The van der Waals surface area contributed by atoms with E-state index in [1.807, 2.05) is 13.0 Å². The van der Waals surface area contributed by atoms with Gasteiger partial charge in [-0.25, -0.2) is 0 Å². The third kappa shape index (κ3) is 1.82. The van der Waals surface area contributed by atoms with E-state index in [1.54, 1.807) is 18.2 Å². The summed E-state index contributed by atoms with van der Waals surface area (Å²) < 4.78 is 5.55. The molecule has 1 aromatic heterocycles. The Labute approximate surface area is 97.5 Å². The highest BCUT2D eigenvalue weighted by Gasteiger charge is 2.07. The molecular weight excluding hydrogens is 226 g/mol. The minimum absolute atomic E-state index is 0.450. The van der Waals surface area contributed by atoms with Crippen LogP contribution >= 0.6 is 11.6 Å². The minimum atomic E-state index is -0.450. The first kappa shape index (κ1) is 10.8. The summed E-state index contributed by atoms with van der Waals surface area (Å²) in [5.41, 5.74) is 8.65. The van der Waals surface area contributed by atoms with E-state index in [4.69, 9.17) is 21.8 Å². The standard InChI is InChI=1S/C12H10ClNO2/c1-7(6-13)11-5-9-4-8(12(14)15)2-3-10(9)16-11/h2-6H,1H3,(H2,14,15)/b7-6-. The van der Waals surface area contributed by atoms with Crippen molar-refractivity contribution < 1.29 is 9.21 Å². The lowest BCUT2D eigenvalue weighted by molar-refractivity contribution is 0.100. The van der Waals surface area contributed by atoms with Crippen LogP contribution in [0.25, 0.3) is 16.5 Å². The molecule has 0 unspecified atom stereocenters. The fraction of sp³-hybridized carbons (Fsp3) is 0.0833. The number of allylic oxidation sites excluding steroid dienone is 1. The summed E-state index contributed by atoms with van der Waals surface area (Å²) in [6.07, 6.45) is 0. The first-order valence-electron chi connectivity index (χ1n) is 4.72. The smallest absolute Gasteiger partial charge is 0.248 e. The van der Waals surface area contributed by atoms with Crippen LogP contribution in [0.4, 0.5) is 0 Å². The molecule has 2 N–H and O–H groups in total. The van der Waals surface area contributed by atoms with Gasteiger partial charge in [0.1, 0.15) is 11.3 Å². The third-order valence-corrected chi connectivity index (χ3v) is 2.68. The molecule has 0 aliphatic carbocycles. The van der Waals surface area contributed by atoms with Gasteiger partial charge in [-0.3, -0.25) is 4.79 Å². The van der Waals surface area contributed by atoms with Crippen LogP contribution in [0.1, 0.15) is 23.0 Å².